The van der Waals surface area contributed by atoms with Crippen molar-refractivity contribution in [1.29, 1.82) is 0 Å². The monoisotopic (exact) mass is 459 g/mol. The number of halogens is 2. The van der Waals surface area contributed by atoms with Gasteiger partial charge in [-0.25, -0.2) is 13.8 Å². The van der Waals surface area contributed by atoms with E-state index in [1.54, 1.807) is 12.3 Å². The first-order chi connectivity index (χ1) is 15.3. The van der Waals surface area contributed by atoms with Gasteiger partial charge in [0.1, 0.15) is 17.2 Å². The van der Waals surface area contributed by atoms with Crippen LogP contribution in [0.4, 0.5) is 32.1 Å². The predicted molar refractivity (Wildman–Crippen MR) is 120 cm³/mol. The standard InChI is InChI=1S/C21H23F2N7OS/c1-10-7-15(29-28-10)25-19-16(11-5-6-11)17(20(31)24-2)26-21(27-19)30(3)18-13(22)8-12(32-4)9-14(18)23/h7-9,11H,5-6H2,1-4H3,(H,24,31)(H2,25,26,27,28,29). The van der Waals surface area contributed by atoms with Crippen LogP contribution in [0, 0.1) is 18.6 Å². The third-order valence-corrected chi connectivity index (χ3v) is 5.88. The number of aromatic amines is 1. The summed E-state index contributed by atoms with van der Waals surface area (Å²) in [6.45, 7) is 1.86. The van der Waals surface area contributed by atoms with Gasteiger partial charge in [-0.05, 0) is 44.1 Å². The molecule has 2 heterocycles. The Morgan fingerprint density at radius 2 is 1.91 bits per heavy atom. The number of anilines is 4. The summed E-state index contributed by atoms with van der Waals surface area (Å²) in [7, 11) is 2.97. The molecule has 0 radical (unpaired) electrons. The maximum absolute atomic E-state index is 14.8. The van der Waals surface area contributed by atoms with Crippen LogP contribution in [0.25, 0.3) is 0 Å². The molecule has 11 heteroatoms. The Morgan fingerprint density at radius 1 is 1.22 bits per heavy atom. The van der Waals surface area contributed by atoms with Gasteiger partial charge in [0.25, 0.3) is 5.91 Å². The number of rotatable bonds is 7. The number of H-pyrrole nitrogens is 1. The molecular weight excluding hydrogens is 436 g/mol. The van der Waals surface area contributed by atoms with Crippen molar-refractivity contribution in [2.45, 2.75) is 30.6 Å². The van der Waals surface area contributed by atoms with Crippen LogP contribution >= 0.6 is 11.8 Å². The summed E-state index contributed by atoms with van der Waals surface area (Å²) in [5, 5.41) is 12.7. The van der Waals surface area contributed by atoms with Crippen molar-refractivity contribution in [3.05, 3.63) is 46.8 Å². The zero-order chi connectivity index (χ0) is 23.0. The Kier molecular flexibility index (Phi) is 6.00. The molecule has 1 amide bonds. The summed E-state index contributed by atoms with van der Waals surface area (Å²) in [5.74, 6) is -0.881. The van der Waals surface area contributed by atoms with Crippen LogP contribution in [-0.4, -0.2) is 46.4 Å². The van der Waals surface area contributed by atoms with E-state index in [0.29, 0.717) is 22.1 Å². The Bertz CT molecular complexity index is 1160. The molecule has 4 rings (SSSR count). The summed E-state index contributed by atoms with van der Waals surface area (Å²) in [5.41, 5.74) is 1.38. The minimum absolute atomic E-state index is 0.0162. The van der Waals surface area contributed by atoms with Crippen LogP contribution in [0.3, 0.4) is 0 Å². The Labute approximate surface area is 188 Å². The number of nitrogens with one attached hydrogen (secondary N) is 3. The molecule has 8 nitrogen and oxygen atoms in total. The van der Waals surface area contributed by atoms with Gasteiger partial charge in [-0.3, -0.25) is 9.89 Å². The number of carbonyl (C=O) groups excluding carboxylic acids is 1. The van der Waals surface area contributed by atoms with Gasteiger partial charge in [0.05, 0.1) is 0 Å². The van der Waals surface area contributed by atoms with Crippen molar-refractivity contribution in [2.75, 3.05) is 30.6 Å². The zero-order valence-electron chi connectivity index (χ0n) is 18.1. The summed E-state index contributed by atoms with van der Waals surface area (Å²) >= 11 is 1.24. The third kappa shape index (κ3) is 4.24. The topological polar surface area (TPSA) is 98.8 Å². The molecule has 1 aliphatic carbocycles. The molecule has 1 aromatic carbocycles. The van der Waals surface area contributed by atoms with E-state index < -0.39 is 17.5 Å². The Hall–Kier alpha value is -3.21. The van der Waals surface area contributed by atoms with Gasteiger partial charge in [0, 0.05) is 36.3 Å². The molecular formula is C21H23F2N7OS. The van der Waals surface area contributed by atoms with Gasteiger partial charge in [0.15, 0.2) is 17.5 Å². The molecule has 1 aliphatic rings. The highest BCUT2D eigenvalue weighted by atomic mass is 32.2. The zero-order valence-corrected chi connectivity index (χ0v) is 18.9. The van der Waals surface area contributed by atoms with Gasteiger partial charge in [-0.1, -0.05) is 0 Å². The first-order valence-corrected chi connectivity index (χ1v) is 11.2. The Balaban J connectivity index is 1.85. The first kappa shape index (κ1) is 22.0. The number of amides is 1. The van der Waals surface area contributed by atoms with E-state index in [0.717, 1.165) is 18.5 Å². The van der Waals surface area contributed by atoms with Crippen molar-refractivity contribution in [3.63, 3.8) is 0 Å². The molecule has 3 N–H and O–H groups in total. The molecule has 0 atom stereocenters. The number of aromatic nitrogens is 4. The lowest BCUT2D eigenvalue weighted by Crippen LogP contribution is -2.25. The van der Waals surface area contributed by atoms with E-state index in [1.807, 2.05) is 6.92 Å². The van der Waals surface area contributed by atoms with Gasteiger partial charge in [-0.2, -0.15) is 10.1 Å². The normalized spacial score (nSPS) is 13.2. The second-order valence-corrected chi connectivity index (χ2v) is 8.43. The highest BCUT2D eigenvalue weighted by molar-refractivity contribution is 7.98. The molecule has 168 valence electrons. The van der Waals surface area contributed by atoms with E-state index in [-0.39, 0.29) is 23.2 Å². The van der Waals surface area contributed by atoms with Crippen molar-refractivity contribution < 1.29 is 13.6 Å². The van der Waals surface area contributed by atoms with E-state index >= 15 is 0 Å². The fourth-order valence-electron chi connectivity index (χ4n) is 3.44. The average molecular weight is 460 g/mol. The number of nitrogens with zero attached hydrogens (tertiary/aromatic N) is 4. The predicted octanol–water partition coefficient (Wildman–Crippen LogP) is 4.26. The summed E-state index contributed by atoms with van der Waals surface area (Å²) in [4.78, 5) is 23.3. The first-order valence-electron chi connectivity index (χ1n) is 10.0. The Morgan fingerprint density at radius 3 is 2.44 bits per heavy atom. The lowest BCUT2D eigenvalue weighted by molar-refractivity contribution is 0.0957. The smallest absolute Gasteiger partial charge is 0.270 e. The molecule has 0 aliphatic heterocycles. The van der Waals surface area contributed by atoms with Crippen molar-refractivity contribution in [1.82, 2.24) is 25.5 Å². The van der Waals surface area contributed by atoms with Crippen molar-refractivity contribution >= 4 is 40.9 Å². The average Bonchev–Trinajstić information content (AvgIpc) is 3.53. The number of hydrogen-bond donors (Lipinski definition) is 3. The molecule has 0 unspecified atom stereocenters. The van der Waals surface area contributed by atoms with E-state index in [1.165, 1.54) is 42.9 Å². The summed E-state index contributed by atoms with van der Waals surface area (Å²) in [6, 6.07) is 4.30. The van der Waals surface area contributed by atoms with Gasteiger partial charge in [-0.15, -0.1) is 11.8 Å². The number of carbonyl (C=O) groups is 1. The van der Waals surface area contributed by atoms with E-state index in [2.05, 4.69) is 30.8 Å². The van der Waals surface area contributed by atoms with Crippen LogP contribution in [0.1, 0.15) is 40.5 Å². The van der Waals surface area contributed by atoms with Crippen LogP contribution in [-0.2, 0) is 0 Å². The molecule has 0 saturated heterocycles. The van der Waals surface area contributed by atoms with Gasteiger partial charge in [0.2, 0.25) is 5.95 Å². The third-order valence-electron chi connectivity index (χ3n) is 5.18. The molecule has 1 saturated carbocycles. The fraction of sp³-hybridized carbons (Fsp3) is 0.333. The van der Waals surface area contributed by atoms with Crippen LogP contribution in [0.2, 0.25) is 0 Å². The molecule has 1 fully saturated rings. The lowest BCUT2D eigenvalue weighted by atomic mass is 10.1. The van der Waals surface area contributed by atoms with Gasteiger partial charge < -0.3 is 15.5 Å². The maximum atomic E-state index is 14.8. The minimum Gasteiger partial charge on any atom is -0.354 e. The quantitative estimate of drug-likeness (QED) is 0.454. The molecule has 0 bridgehead atoms. The number of aryl methyl sites for hydroxylation is 1. The molecule has 32 heavy (non-hydrogen) atoms. The van der Waals surface area contributed by atoms with Gasteiger partial charge >= 0.3 is 0 Å². The molecule has 3 aromatic rings. The van der Waals surface area contributed by atoms with Crippen LogP contribution in [0.15, 0.2) is 23.1 Å². The molecule has 0 spiro atoms. The second-order valence-electron chi connectivity index (χ2n) is 7.55. The van der Waals surface area contributed by atoms with Crippen molar-refractivity contribution in [3.8, 4) is 0 Å². The fourth-order valence-corrected chi connectivity index (χ4v) is 3.88. The lowest BCUT2D eigenvalue weighted by Gasteiger charge is -2.22. The SMILES string of the molecule is CNC(=O)c1nc(N(C)c2c(F)cc(SC)cc2F)nc(Nc2cc(C)[nH]n2)c1C1CC1. The maximum Gasteiger partial charge on any atom is 0.270 e. The van der Waals surface area contributed by atoms with Crippen molar-refractivity contribution in [2.24, 2.45) is 0 Å². The summed E-state index contributed by atoms with van der Waals surface area (Å²) < 4.78 is 29.5. The van der Waals surface area contributed by atoms with Crippen LogP contribution < -0.4 is 15.5 Å². The highest BCUT2D eigenvalue weighted by Crippen LogP contribution is 2.45. The number of thioether (sulfide) groups is 1. The van der Waals surface area contributed by atoms with E-state index in [9.17, 15) is 13.6 Å². The number of hydrogen-bond acceptors (Lipinski definition) is 7. The highest BCUT2D eigenvalue weighted by Gasteiger charge is 2.34. The van der Waals surface area contributed by atoms with E-state index in [4.69, 9.17) is 0 Å². The van der Waals surface area contributed by atoms with Crippen LogP contribution in [0.5, 0.6) is 0 Å². The number of benzene rings is 1. The second kappa shape index (κ2) is 8.73. The largest absolute Gasteiger partial charge is 0.354 e. The minimum atomic E-state index is -0.745. The summed E-state index contributed by atoms with van der Waals surface area (Å²) in [6.07, 6.45) is 3.54. The molecule has 2 aromatic heterocycles.